The molecule has 0 atom stereocenters. The summed E-state index contributed by atoms with van der Waals surface area (Å²) in [4.78, 5) is 12.4. The Labute approximate surface area is 139 Å². The highest BCUT2D eigenvalue weighted by molar-refractivity contribution is 9.10. The van der Waals surface area contributed by atoms with E-state index in [1.54, 1.807) is 24.3 Å². The van der Waals surface area contributed by atoms with E-state index in [-0.39, 0.29) is 11.9 Å². The van der Waals surface area contributed by atoms with Gasteiger partial charge < -0.3 is 9.88 Å². The molecule has 0 saturated heterocycles. The summed E-state index contributed by atoms with van der Waals surface area (Å²) in [7, 11) is 0. The third-order valence-corrected chi connectivity index (χ3v) is 4.14. The van der Waals surface area contributed by atoms with Crippen molar-refractivity contribution in [2.24, 2.45) is 0 Å². The Hall–Kier alpha value is -0.780. The van der Waals surface area contributed by atoms with Gasteiger partial charge in [-0.1, -0.05) is 11.6 Å². The lowest BCUT2D eigenvalue weighted by molar-refractivity contribution is 0.101. The molecular weight excluding hydrogens is 407 g/mol. The molecule has 0 aliphatic heterocycles. The molecule has 1 aromatic carbocycles. The zero-order valence-electron chi connectivity index (χ0n) is 11.0. The molecule has 0 spiro atoms. The summed E-state index contributed by atoms with van der Waals surface area (Å²) in [5, 5.41) is 3.44. The van der Waals surface area contributed by atoms with Gasteiger partial charge in [0.2, 0.25) is 0 Å². The van der Waals surface area contributed by atoms with Gasteiger partial charge in [-0.25, -0.2) is 0 Å². The van der Waals surface area contributed by atoms with Crippen molar-refractivity contribution in [1.29, 1.82) is 0 Å². The maximum Gasteiger partial charge on any atom is 0.272 e. The van der Waals surface area contributed by atoms with Crippen molar-refractivity contribution in [2.45, 2.75) is 19.9 Å². The molecule has 0 bridgehead atoms. The Bertz CT molecular complexity index is 653. The summed E-state index contributed by atoms with van der Waals surface area (Å²) in [6, 6.07) is 7.27. The minimum atomic E-state index is -0.174. The van der Waals surface area contributed by atoms with Gasteiger partial charge in [-0.15, -0.1) is 0 Å². The number of carbonyl (C=O) groups is 1. The molecule has 0 aliphatic carbocycles. The largest absolute Gasteiger partial charge is 0.340 e. The van der Waals surface area contributed by atoms with Gasteiger partial charge in [0.1, 0.15) is 5.69 Å². The Morgan fingerprint density at radius 3 is 2.65 bits per heavy atom. The highest BCUT2D eigenvalue weighted by Crippen LogP contribution is 2.27. The first-order valence-electron chi connectivity index (χ1n) is 6.02. The van der Waals surface area contributed by atoms with Crippen LogP contribution in [0.3, 0.4) is 0 Å². The first-order valence-corrected chi connectivity index (χ1v) is 7.98. The van der Waals surface area contributed by atoms with Crippen LogP contribution in [-0.4, -0.2) is 10.5 Å². The summed E-state index contributed by atoms with van der Waals surface area (Å²) < 4.78 is 3.58. The van der Waals surface area contributed by atoms with E-state index in [4.69, 9.17) is 11.6 Å². The number of aromatic nitrogens is 1. The van der Waals surface area contributed by atoms with Crippen LogP contribution < -0.4 is 5.32 Å². The minimum absolute atomic E-state index is 0.174. The second-order valence-electron chi connectivity index (χ2n) is 4.62. The Morgan fingerprint density at radius 1 is 1.30 bits per heavy atom. The van der Waals surface area contributed by atoms with Crippen molar-refractivity contribution in [3.63, 3.8) is 0 Å². The zero-order chi connectivity index (χ0) is 14.9. The molecule has 0 fully saturated rings. The van der Waals surface area contributed by atoms with Crippen molar-refractivity contribution in [1.82, 2.24) is 4.57 Å². The highest BCUT2D eigenvalue weighted by atomic mass is 79.9. The van der Waals surface area contributed by atoms with Crippen LogP contribution in [0.25, 0.3) is 0 Å². The molecule has 106 valence electrons. The molecule has 20 heavy (non-hydrogen) atoms. The van der Waals surface area contributed by atoms with Crippen LogP contribution in [0.5, 0.6) is 0 Å². The van der Waals surface area contributed by atoms with Crippen LogP contribution in [0, 0.1) is 0 Å². The highest BCUT2D eigenvalue weighted by Gasteiger charge is 2.16. The summed E-state index contributed by atoms with van der Waals surface area (Å²) >= 11 is 12.7. The van der Waals surface area contributed by atoms with E-state index in [2.05, 4.69) is 37.2 Å². The van der Waals surface area contributed by atoms with Gasteiger partial charge >= 0.3 is 0 Å². The van der Waals surface area contributed by atoms with Gasteiger partial charge in [-0.2, -0.15) is 0 Å². The number of hydrogen-bond acceptors (Lipinski definition) is 1. The van der Waals surface area contributed by atoms with Gasteiger partial charge in [0.25, 0.3) is 5.91 Å². The predicted octanol–water partition coefficient (Wildman–Crippen LogP) is 5.50. The third kappa shape index (κ3) is 3.45. The van der Waals surface area contributed by atoms with Gasteiger partial charge in [0.15, 0.2) is 0 Å². The van der Waals surface area contributed by atoms with Gasteiger partial charge in [0.05, 0.1) is 5.69 Å². The number of nitrogens with zero attached hydrogens (tertiary/aromatic N) is 1. The van der Waals surface area contributed by atoms with Gasteiger partial charge in [-0.3, -0.25) is 4.79 Å². The van der Waals surface area contributed by atoms with Gasteiger partial charge in [-0.05, 0) is 70.0 Å². The number of hydrogen-bond donors (Lipinski definition) is 1. The van der Waals surface area contributed by atoms with Crippen LogP contribution >= 0.6 is 43.5 Å². The molecular formula is C14H13Br2ClN2O. The lowest BCUT2D eigenvalue weighted by Crippen LogP contribution is -2.18. The third-order valence-electron chi connectivity index (χ3n) is 2.78. The van der Waals surface area contributed by atoms with E-state index < -0.39 is 0 Å². The number of halogens is 3. The Morgan fingerprint density at radius 2 is 2.00 bits per heavy atom. The van der Waals surface area contributed by atoms with Crippen molar-refractivity contribution in [2.75, 3.05) is 5.32 Å². The number of amides is 1. The quantitative estimate of drug-likeness (QED) is 0.699. The molecule has 0 aliphatic rings. The average Bonchev–Trinajstić information content (AvgIpc) is 2.76. The van der Waals surface area contributed by atoms with E-state index in [1.807, 2.05) is 24.6 Å². The van der Waals surface area contributed by atoms with Crippen LogP contribution in [-0.2, 0) is 0 Å². The number of anilines is 1. The second kappa shape index (κ2) is 6.33. The van der Waals surface area contributed by atoms with E-state index >= 15 is 0 Å². The van der Waals surface area contributed by atoms with Crippen LogP contribution in [0.1, 0.15) is 30.4 Å². The zero-order valence-corrected chi connectivity index (χ0v) is 14.9. The Balaban J connectivity index is 2.31. The molecule has 1 heterocycles. The monoisotopic (exact) mass is 418 g/mol. The first kappa shape index (κ1) is 15.6. The number of carbonyl (C=O) groups excluding carboxylic acids is 1. The SMILES string of the molecule is CC(C)n1cc(Br)cc1C(=O)Nc1cc(Cl)ccc1Br. The number of benzene rings is 1. The van der Waals surface area contributed by atoms with Crippen LogP contribution in [0.4, 0.5) is 5.69 Å². The summed E-state index contributed by atoms with van der Waals surface area (Å²) in [5.74, 6) is -0.174. The van der Waals surface area contributed by atoms with E-state index in [1.165, 1.54) is 0 Å². The molecule has 2 rings (SSSR count). The molecule has 2 aromatic rings. The number of nitrogens with one attached hydrogen (secondary N) is 1. The standard InChI is InChI=1S/C14H13Br2ClN2O/c1-8(2)19-7-9(15)5-13(19)14(20)18-12-6-10(17)3-4-11(12)16/h3-8H,1-2H3,(H,18,20). The molecule has 0 saturated carbocycles. The normalized spacial score (nSPS) is 10.9. The lowest BCUT2D eigenvalue weighted by Gasteiger charge is -2.13. The van der Waals surface area contributed by atoms with Gasteiger partial charge in [0, 0.05) is 26.2 Å². The summed E-state index contributed by atoms with van der Waals surface area (Å²) in [5.41, 5.74) is 1.24. The fraction of sp³-hybridized carbons (Fsp3) is 0.214. The maximum atomic E-state index is 12.4. The maximum absolute atomic E-state index is 12.4. The van der Waals surface area contributed by atoms with Crippen LogP contribution in [0.2, 0.25) is 5.02 Å². The minimum Gasteiger partial charge on any atom is -0.340 e. The molecule has 3 nitrogen and oxygen atoms in total. The van der Waals surface area contributed by atoms with Crippen molar-refractivity contribution in [3.8, 4) is 0 Å². The molecule has 1 N–H and O–H groups in total. The van der Waals surface area contributed by atoms with Crippen molar-refractivity contribution >= 4 is 55.1 Å². The van der Waals surface area contributed by atoms with Crippen molar-refractivity contribution < 1.29 is 4.79 Å². The fourth-order valence-corrected chi connectivity index (χ4v) is 2.79. The first-order chi connectivity index (χ1) is 9.38. The molecule has 0 unspecified atom stereocenters. The smallest absolute Gasteiger partial charge is 0.272 e. The summed E-state index contributed by atoms with van der Waals surface area (Å²) in [6.45, 7) is 4.05. The fourth-order valence-electron chi connectivity index (χ4n) is 1.83. The van der Waals surface area contributed by atoms with E-state index in [0.717, 1.165) is 8.95 Å². The number of rotatable bonds is 3. The van der Waals surface area contributed by atoms with Crippen LogP contribution in [0.15, 0.2) is 39.4 Å². The molecule has 6 heteroatoms. The van der Waals surface area contributed by atoms with Crippen molar-refractivity contribution in [3.05, 3.63) is 50.1 Å². The molecule has 1 aromatic heterocycles. The molecule has 1 amide bonds. The van der Waals surface area contributed by atoms with E-state index in [0.29, 0.717) is 16.4 Å². The lowest BCUT2D eigenvalue weighted by atomic mass is 10.3. The Kier molecular flexibility index (Phi) is 4.94. The van der Waals surface area contributed by atoms with E-state index in [9.17, 15) is 4.79 Å². The topological polar surface area (TPSA) is 34.0 Å². The predicted molar refractivity (Wildman–Crippen MR) is 89.6 cm³/mol. The molecule has 0 radical (unpaired) electrons. The average molecular weight is 421 g/mol. The second-order valence-corrected chi connectivity index (χ2v) is 6.83. The summed E-state index contributed by atoms with van der Waals surface area (Å²) in [6.07, 6.45) is 1.90.